The highest BCUT2D eigenvalue weighted by Gasteiger charge is 2.24. The second-order valence-corrected chi connectivity index (χ2v) is 8.88. The normalized spacial score (nSPS) is 13.9. The average molecular weight is 489 g/mol. The maximum absolute atomic E-state index is 12.6. The van der Waals surface area contributed by atoms with Gasteiger partial charge in [-0.3, -0.25) is 14.4 Å². The molecule has 1 saturated heterocycles. The molecule has 3 aromatic rings. The maximum Gasteiger partial charge on any atom is 0.322 e. The van der Waals surface area contributed by atoms with E-state index in [2.05, 4.69) is 20.2 Å². The Morgan fingerprint density at radius 3 is 2.25 bits per heavy atom. The van der Waals surface area contributed by atoms with Gasteiger partial charge in [0.2, 0.25) is 0 Å². The molecule has 186 valence electrons. The standard InChI is InChI=1S/C27H28N4O5/c1-17-25(34)24(27(36)28-16-23(32)33)30-22(29-17)15-18-11-13-31(14-12-18)21-9-7-20(8-10-21)26(35)19-5-3-2-4-6-19/h2-10,18,34H,11-16H2,1H3,(H,28,36)(H,32,33). The molecule has 2 heterocycles. The van der Waals surface area contributed by atoms with E-state index < -0.39 is 18.4 Å². The lowest BCUT2D eigenvalue weighted by atomic mass is 9.92. The first kappa shape index (κ1) is 24.8. The van der Waals surface area contributed by atoms with Crippen LogP contribution in [-0.4, -0.2) is 57.5 Å². The van der Waals surface area contributed by atoms with Gasteiger partial charge in [0.25, 0.3) is 5.91 Å². The van der Waals surface area contributed by atoms with Crippen molar-refractivity contribution in [1.82, 2.24) is 15.3 Å². The number of aliphatic carboxylic acids is 1. The van der Waals surface area contributed by atoms with Crippen molar-refractivity contribution in [2.24, 2.45) is 5.92 Å². The quantitative estimate of drug-likeness (QED) is 0.412. The second kappa shape index (κ2) is 11.0. The molecule has 1 fully saturated rings. The molecular weight excluding hydrogens is 460 g/mol. The fourth-order valence-corrected chi connectivity index (χ4v) is 4.35. The average Bonchev–Trinajstić information content (AvgIpc) is 2.90. The molecule has 36 heavy (non-hydrogen) atoms. The van der Waals surface area contributed by atoms with E-state index in [1.807, 2.05) is 54.6 Å². The Morgan fingerprint density at radius 2 is 1.61 bits per heavy atom. The van der Waals surface area contributed by atoms with Gasteiger partial charge in [-0.15, -0.1) is 0 Å². The number of piperidine rings is 1. The Morgan fingerprint density at radius 1 is 0.972 bits per heavy atom. The van der Waals surface area contributed by atoms with E-state index in [9.17, 15) is 19.5 Å². The number of nitrogens with one attached hydrogen (secondary N) is 1. The molecule has 0 saturated carbocycles. The lowest BCUT2D eigenvalue weighted by Crippen LogP contribution is -2.34. The molecule has 9 heteroatoms. The van der Waals surface area contributed by atoms with E-state index >= 15 is 0 Å². The van der Waals surface area contributed by atoms with Crippen LogP contribution in [0.4, 0.5) is 5.69 Å². The van der Waals surface area contributed by atoms with Crippen LogP contribution in [0.2, 0.25) is 0 Å². The number of rotatable bonds is 8. The number of carbonyl (C=O) groups excluding carboxylic acids is 2. The minimum atomic E-state index is -1.18. The highest BCUT2D eigenvalue weighted by atomic mass is 16.4. The number of amides is 1. The van der Waals surface area contributed by atoms with E-state index in [1.165, 1.54) is 0 Å². The Balaban J connectivity index is 1.36. The van der Waals surface area contributed by atoms with Crippen LogP contribution >= 0.6 is 0 Å². The predicted molar refractivity (Wildman–Crippen MR) is 133 cm³/mol. The smallest absolute Gasteiger partial charge is 0.322 e. The third-order valence-electron chi connectivity index (χ3n) is 6.34. The summed E-state index contributed by atoms with van der Waals surface area (Å²) in [6.45, 7) is 2.69. The van der Waals surface area contributed by atoms with Crippen molar-refractivity contribution >= 4 is 23.3 Å². The molecule has 4 rings (SSSR count). The first-order valence-corrected chi connectivity index (χ1v) is 11.8. The zero-order valence-corrected chi connectivity index (χ0v) is 20.0. The predicted octanol–water partition coefficient (Wildman–Crippen LogP) is 3.00. The number of carboxylic acid groups (broad SMARTS) is 1. The number of hydrogen-bond donors (Lipinski definition) is 3. The van der Waals surface area contributed by atoms with Gasteiger partial charge in [-0.1, -0.05) is 30.3 Å². The van der Waals surface area contributed by atoms with Crippen molar-refractivity contribution in [2.75, 3.05) is 24.5 Å². The summed E-state index contributed by atoms with van der Waals surface area (Å²) in [6.07, 6.45) is 2.35. The monoisotopic (exact) mass is 488 g/mol. The number of benzene rings is 2. The summed E-state index contributed by atoms with van der Waals surface area (Å²) in [7, 11) is 0. The summed E-state index contributed by atoms with van der Waals surface area (Å²) in [4.78, 5) is 46.4. The van der Waals surface area contributed by atoms with Crippen LogP contribution in [0.25, 0.3) is 0 Å². The minimum absolute atomic E-state index is 0.000982. The molecule has 9 nitrogen and oxygen atoms in total. The number of hydrogen-bond acceptors (Lipinski definition) is 7. The van der Waals surface area contributed by atoms with Gasteiger partial charge in [0, 0.05) is 36.3 Å². The fraction of sp³-hybridized carbons (Fsp3) is 0.296. The summed E-state index contributed by atoms with van der Waals surface area (Å²) in [6, 6.07) is 16.9. The number of anilines is 1. The summed E-state index contributed by atoms with van der Waals surface area (Å²) >= 11 is 0. The van der Waals surface area contributed by atoms with E-state index in [0.717, 1.165) is 31.6 Å². The van der Waals surface area contributed by atoms with Crippen molar-refractivity contribution in [1.29, 1.82) is 0 Å². The van der Waals surface area contributed by atoms with Crippen LogP contribution in [0.15, 0.2) is 54.6 Å². The van der Waals surface area contributed by atoms with Crippen molar-refractivity contribution in [3.63, 3.8) is 0 Å². The van der Waals surface area contributed by atoms with Crippen molar-refractivity contribution < 1.29 is 24.6 Å². The molecule has 0 radical (unpaired) electrons. The minimum Gasteiger partial charge on any atom is -0.504 e. The molecule has 0 spiro atoms. The number of nitrogens with zero attached hydrogens (tertiary/aromatic N) is 3. The van der Waals surface area contributed by atoms with Crippen LogP contribution in [0.3, 0.4) is 0 Å². The molecule has 3 N–H and O–H groups in total. The van der Waals surface area contributed by atoms with Gasteiger partial charge in [-0.25, -0.2) is 9.97 Å². The highest BCUT2D eigenvalue weighted by molar-refractivity contribution is 6.09. The lowest BCUT2D eigenvalue weighted by molar-refractivity contribution is -0.135. The molecule has 2 aromatic carbocycles. The fourth-order valence-electron chi connectivity index (χ4n) is 4.35. The molecule has 1 amide bonds. The zero-order chi connectivity index (χ0) is 25.7. The number of ketones is 1. The third-order valence-corrected chi connectivity index (χ3v) is 6.34. The molecule has 0 bridgehead atoms. The number of carboxylic acids is 1. The van der Waals surface area contributed by atoms with Gasteiger partial charge >= 0.3 is 5.97 Å². The van der Waals surface area contributed by atoms with Crippen LogP contribution in [0, 0.1) is 12.8 Å². The van der Waals surface area contributed by atoms with Gasteiger partial charge in [-0.2, -0.15) is 0 Å². The lowest BCUT2D eigenvalue weighted by Gasteiger charge is -2.33. The van der Waals surface area contributed by atoms with Gasteiger partial charge in [0.05, 0.1) is 5.69 Å². The SMILES string of the molecule is Cc1nc(CC2CCN(c3ccc(C(=O)c4ccccc4)cc3)CC2)nc(C(=O)NCC(=O)O)c1O. The van der Waals surface area contributed by atoms with Gasteiger partial charge in [0.1, 0.15) is 12.4 Å². The van der Waals surface area contributed by atoms with Crippen LogP contribution < -0.4 is 10.2 Å². The number of carbonyl (C=O) groups is 3. The molecule has 0 atom stereocenters. The summed E-state index contributed by atoms with van der Waals surface area (Å²) in [5, 5.41) is 21.2. The maximum atomic E-state index is 12.6. The van der Waals surface area contributed by atoms with E-state index in [-0.39, 0.29) is 22.9 Å². The first-order valence-electron chi connectivity index (χ1n) is 11.8. The van der Waals surface area contributed by atoms with Crippen LogP contribution in [0.1, 0.15) is 50.8 Å². The Bertz CT molecular complexity index is 1250. The van der Waals surface area contributed by atoms with Crippen molar-refractivity contribution in [3.05, 3.63) is 82.9 Å². The third kappa shape index (κ3) is 5.86. The summed E-state index contributed by atoms with van der Waals surface area (Å²) in [5.74, 6) is -1.51. The second-order valence-electron chi connectivity index (χ2n) is 8.88. The number of aromatic nitrogens is 2. The van der Waals surface area contributed by atoms with E-state index in [0.29, 0.717) is 29.3 Å². The number of aryl methyl sites for hydroxylation is 1. The van der Waals surface area contributed by atoms with Crippen LogP contribution in [0.5, 0.6) is 5.75 Å². The molecule has 1 aromatic heterocycles. The topological polar surface area (TPSA) is 133 Å². The largest absolute Gasteiger partial charge is 0.504 e. The van der Waals surface area contributed by atoms with Crippen molar-refractivity contribution in [2.45, 2.75) is 26.2 Å². The summed E-state index contributed by atoms with van der Waals surface area (Å²) < 4.78 is 0. The highest BCUT2D eigenvalue weighted by Crippen LogP contribution is 2.27. The molecule has 0 unspecified atom stereocenters. The number of aromatic hydroxyl groups is 1. The van der Waals surface area contributed by atoms with Crippen LogP contribution in [-0.2, 0) is 11.2 Å². The molecular formula is C27H28N4O5. The van der Waals surface area contributed by atoms with Gasteiger partial charge < -0.3 is 20.4 Å². The van der Waals surface area contributed by atoms with Gasteiger partial charge in [-0.05, 0) is 49.9 Å². The van der Waals surface area contributed by atoms with Gasteiger partial charge in [0.15, 0.2) is 17.2 Å². The first-order chi connectivity index (χ1) is 17.3. The zero-order valence-electron chi connectivity index (χ0n) is 20.0. The molecule has 1 aliphatic rings. The summed E-state index contributed by atoms with van der Waals surface area (Å²) in [5.41, 5.74) is 2.46. The molecule has 1 aliphatic heterocycles. The Labute approximate surface area is 208 Å². The van der Waals surface area contributed by atoms with Crippen molar-refractivity contribution in [3.8, 4) is 5.75 Å². The Kier molecular flexibility index (Phi) is 7.58. The van der Waals surface area contributed by atoms with E-state index in [4.69, 9.17) is 5.11 Å². The molecule has 0 aliphatic carbocycles. The van der Waals surface area contributed by atoms with E-state index in [1.54, 1.807) is 6.92 Å². The Hall–Kier alpha value is -4.27.